The molecule has 0 bridgehead atoms. The van der Waals surface area contributed by atoms with Crippen molar-refractivity contribution in [2.45, 2.75) is 25.6 Å². The maximum absolute atomic E-state index is 12.2. The Labute approximate surface area is 80.7 Å². The summed E-state index contributed by atoms with van der Waals surface area (Å²) < 4.78 is 36.6. The van der Waals surface area contributed by atoms with Crippen LogP contribution in [0.25, 0.3) is 0 Å². The highest BCUT2D eigenvalue weighted by molar-refractivity contribution is 5.25. The van der Waals surface area contributed by atoms with Gasteiger partial charge in [-0.25, -0.2) is 0 Å². The molecule has 0 aliphatic carbocycles. The Kier molecular flexibility index (Phi) is 3.16. The molecule has 0 aliphatic rings. The SMILES string of the molecule is CCc1ccc(C(N)C(F)(F)F)cc1. The zero-order valence-electron chi connectivity index (χ0n) is 7.81. The topological polar surface area (TPSA) is 26.0 Å². The van der Waals surface area contributed by atoms with E-state index in [1.807, 2.05) is 6.92 Å². The van der Waals surface area contributed by atoms with Gasteiger partial charge in [0.05, 0.1) is 0 Å². The summed E-state index contributed by atoms with van der Waals surface area (Å²) >= 11 is 0. The highest BCUT2D eigenvalue weighted by atomic mass is 19.4. The van der Waals surface area contributed by atoms with Crippen molar-refractivity contribution in [2.24, 2.45) is 5.73 Å². The first-order valence-corrected chi connectivity index (χ1v) is 4.36. The summed E-state index contributed by atoms with van der Waals surface area (Å²) in [6.45, 7) is 1.94. The van der Waals surface area contributed by atoms with Crippen LogP contribution in [0, 0.1) is 0 Å². The Balaban J connectivity index is 2.87. The van der Waals surface area contributed by atoms with Crippen molar-refractivity contribution in [3.63, 3.8) is 0 Å². The molecule has 0 fully saturated rings. The fourth-order valence-corrected chi connectivity index (χ4v) is 1.15. The molecule has 1 unspecified atom stereocenters. The van der Waals surface area contributed by atoms with Crippen LogP contribution in [0.5, 0.6) is 0 Å². The van der Waals surface area contributed by atoms with Gasteiger partial charge >= 0.3 is 6.18 Å². The minimum atomic E-state index is -4.37. The highest BCUT2D eigenvalue weighted by Crippen LogP contribution is 2.30. The second-order valence-electron chi connectivity index (χ2n) is 3.11. The molecule has 0 spiro atoms. The van der Waals surface area contributed by atoms with Gasteiger partial charge in [0.2, 0.25) is 0 Å². The molecule has 0 heterocycles. The van der Waals surface area contributed by atoms with Crippen molar-refractivity contribution in [2.75, 3.05) is 0 Å². The smallest absolute Gasteiger partial charge is 0.316 e. The van der Waals surface area contributed by atoms with E-state index in [2.05, 4.69) is 0 Å². The average Bonchev–Trinajstić information content (AvgIpc) is 2.15. The van der Waals surface area contributed by atoms with Crippen molar-refractivity contribution in [1.29, 1.82) is 0 Å². The number of rotatable bonds is 2. The Hall–Kier alpha value is -1.03. The molecule has 0 amide bonds. The third-order valence-corrected chi connectivity index (χ3v) is 2.10. The predicted octanol–water partition coefficient (Wildman–Crippen LogP) is 2.81. The standard InChI is InChI=1S/C10H12F3N/c1-2-7-3-5-8(6-4-7)9(14)10(11,12)13/h3-6,9H,2,14H2,1H3. The number of halogens is 3. The lowest BCUT2D eigenvalue weighted by molar-refractivity contribution is -0.149. The van der Waals surface area contributed by atoms with Crippen molar-refractivity contribution in [1.82, 2.24) is 0 Å². The third-order valence-electron chi connectivity index (χ3n) is 2.10. The highest BCUT2D eigenvalue weighted by Gasteiger charge is 2.37. The summed E-state index contributed by atoms with van der Waals surface area (Å²) in [5.74, 6) is 0. The Bertz CT molecular complexity index is 289. The first-order valence-electron chi connectivity index (χ1n) is 4.36. The van der Waals surface area contributed by atoms with E-state index in [0.717, 1.165) is 12.0 Å². The fraction of sp³-hybridized carbons (Fsp3) is 0.400. The maximum Gasteiger partial charge on any atom is 0.407 e. The van der Waals surface area contributed by atoms with Crippen LogP contribution in [0.3, 0.4) is 0 Å². The van der Waals surface area contributed by atoms with Gasteiger partial charge in [0.1, 0.15) is 6.04 Å². The molecular weight excluding hydrogens is 191 g/mol. The predicted molar refractivity (Wildman–Crippen MR) is 48.8 cm³/mol. The third kappa shape index (κ3) is 2.48. The fourth-order valence-electron chi connectivity index (χ4n) is 1.15. The molecule has 1 rings (SSSR count). The molecule has 1 aromatic rings. The Morgan fingerprint density at radius 3 is 2.07 bits per heavy atom. The van der Waals surface area contributed by atoms with Crippen LogP contribution in [-0.2, 0) is 6.42 Å². The van der Waals surface area contributed by atoms with Crippen LogP contribution in [-0.4, -0.2) is 6.18 Å². The number of hydrogen-bond donors (Lipinski definition) is 1. The molecule has 78 valence electrons. The van der Waals surface area contributed by atoms with E-state index in [9.17, 15) is 13.2 Å². The Morgan fingerprint density at radius 1 is 1.21 bits per heavy atom. The molecule has 0 radical (unpaired) electrons. The molecule has 1 atom stereocenters. The minimum Gasteiger partial charge on any atom is -0.316 e. The Morgan fingerprint density at radius 2 is 1.71 bits per heavy atom. The molecule has 0 aliphatic heterocycles. The van der Waals surface area contributed by atoms with E-state index in [1.54, 1.807) is 12.1 Å². The van der Waals surface area contributed by atoms with Gasteiger partial charge in [0.15, 0.2) is 0 Å². The van der Waals surface area contributed by atoms with Crippen LogP contribution in [0.15, 0.2) is 24.3 Å². The van der Waals surface area contributed by atoms with Crippen molar-refractivity contribution in [3.05, 3.63) is 35.4 Å². The van der Waals surface area contributed by atoms with Gasteiger partial charge in [0.25, 0.3) is 0 Å². The van der Waals surface area contributed by atoms with Gasteiger partial charge in [-0.05, 0) is 17.5 Å². The van der Waals surface area contributed by atoms with E-state index >= 15 is 0 Å². The molecule has 0 saturated carbocycles. The van der Waals surface area contributed by atoms with Gasteiger partial charge in [0, 0.05) is 0 Å². The monoisotopic (exact) mass is 203 g/mol. The summed E-state index contributed by atoms with van der Waals surface area (Å²) in [5, 5.41) is 0. The zero-order valence-corrected chi connectivity index (χ0v) is 7.81. The number of hydrogen-bond acceptors (Lipinski definition) is 1. The summed E-state index contributed by atoms with van der Waals surface area (Å²) in [4.78, 5) is 0. The van der Waals surface area contributed by atoms with Crippen LogP contribution in [0.2, 0.25) is 0 Å². The first-order chi connectivity index (χ1) is 6.45. The normalized spacial score (nSPS) is 14.1. The quantitative estimate of drug-likeness (QED) is 0.785. The largest absolute Gasteiger partial charge is 0.407 e. The summed E-state index contributed by atoms with van der Waals surface area (Å²) in [7, 11) is 0. The van der Waals surface area contributed by atoms with E-state index in [-0.39, 0.29) is 5.56 Å². The molecule has 1 aromatic carbocycles. The minimum absolute atomic E-state index is 0.106. The average molecular weight is 203 g/mol. The number of alkyl halides is 3. The summed E-state index contributed by atoms with van der Waals surface area (Å²) in [5.41, 5.74) is 6.15. The van der Waals surface area contributed by atoms with Crippen LogP contribution in [0.4, 0.5) is 13.2 Å². The number of aryl methyl sites for hydroxylation is 1. The molecule has 14 heavy (non-hydrogen) atoms. The van der Waals surface area contributed by atoms with Gasteiger partial charge in [-0.3, -0.25) is 0 Å². The van der Waals surface area contributed by atoms with E-state index in [4.69, 9.17) is 5.73 Å². The van der Waals surface area contributed by atoms with Gasteiger partial charge in [-0.15, -0.1) is 0 Å². The van der Waals surface area contributed by atoms with E-state index in [0.29, 0.717) is 0 Å². The van der Waals surface area contributed by atoms with Crippen molar-refractivity contribution >= 4 is 0 Å². The van der Waals surface area contributed by atoms with Crippen molar-refractivity contribution in [3.8, 4) is 0 Å². The molecular formula is C10H12F3N. The van der Waals surface area contributed by atoms with E-state index < -0.39 is 12.2 Å². The maximum atomic E-state index is 12.2. The number of nitrogens with two attached hydrogens (primary N) is 1. The van der Waals surface area contributed by atoms with Gasteiger partial charge < -0.3 is 5.73 Å². The van der Waals surface area contributed by atoms with E-state index in [1.165, 1.54) is 12.1 Å². The molecule has 2 N–H and O–H groups in total. The number of benzene rings is 1. The zero-order chi connectivity index (χ0) is 10.8. The van der Waals surface area contributed by atoms with Crippen LogP contribution >= 0.6 is 0 Å². The van der Waals surface area contributed by atoms with Crippen molar-refractivity contribution < 1.29 is 13.2 Å². The summed E-state index contributed by atoms with van der Waals surface area (Å²) in [6.07, 6.45) is -3.56. The second-order valence-corrected chi connectivity index (χ2v) is 3.11. The van der Waals surface area contributed by atoms with Crippen LogP contribution < -0.4 is 5.73 Å². The summed E-state index contributed by atoms with van der Waals surface area (Å²) in [6, 6.07) is 4.31. The van der Waals surface area contributed by atoms with Gasteiger partial charge in [-0.2, -0.15) is 13.2 Å². The molecule has 0 aromatic heterocycles. The second kappa shape index (κ2) is 4.00. The first kappa shape index (κ1) is 11.0. The lowest BCUT2D eigenvalue weighted by atomic mass is 10.0. The lowest BCUT2D eigenvalue weighted by Gasteiger charge is -2.15. The lowest BCUT2D eigenvalue weighted by Crippen LogP contribution is -2.28. The molecule has 0 saturated heterocycles. The molecule has 1 nitrogen and oxygen atoms in total. The molecule has 4 heteroatoms. The van der Waals surface area contributed by atoms with Crippen LogP contribution in [0.1, 0.15) is 24.1 Å². The van der Waals surface area contributed by atoms with Gasteiger partial charge in [-0.1, -0.05) is 31.2 Å².